The van der Waals surface area contributed by atoms with Gasteiger partial charge in [-0.15, -0.1) is 0 Å². The van der Waals surface area contributed by atoms with E-state index >= 15 is 0 Å². The third-order valence-corrected chi connectivity index (χ3v) is 6.94. The number of halogens is 1. The zero-order valence-corrected chi connectivity index (χ0v) is 20.9. The Morgan fingerprint density at radius 3 is 2.40 bits per heavy atom. The van der Waals surface area contributed by atoms with E-state index in [-0.39, 0.29) is 11.3 Å². The molecule has 182 valence electrons. The van der Waals surface area contributed by atoms with E-state index in [1.165, 1.54) is 18.7 Å². The molecule has 35 heavy (non-hydrogen) atoms. The molecule has 1 aliphatic heterocycles. The third-order valence-electron chi connectivity index (χ3n) is 6.69. The van der Waals surface area contributed by atoms with Crippen molar-refractivity contribution in [2.75, 3.05) is 13.7 Å². The van der Waals surface area contributed by atoms with Gasteiger partial charge in [0.25, 0.3) is 5.56 Å². The summed E-state index contributed by atoms with van der Waals surface area (Å²) in [7, 11) is 4.62. The summed E-state index contributed by atoms with van der Waals surface area (Å²) in [6.45, 7) is 4.39. The van der Waals surface area contributed by atoms with Crippen molar-refractivity contribution < 1.29 is 14.6 Å². The lowest BCUT2D eigenvalue weighted by atomic mass is 9.97. The number of aryl methyl sites for hydroxylation is 1. The SMILES string of the molecule is COc1ccc(C2OCC(C)(C)n3c(-c4ccc(Cl)cc4)c4c(=O)n(C)c(=O)n(C)c4c32)cc1O. The zero-order valence-electron chi connectivity index (χ0n) is 20.1. The highest BCUT2D eigenvalue weighted by molar-refractivity contribution is 6.30. The van der Waals surface area contributed by atoms with Gasteiger partial charge in [-0.3, -0.25) is 13.9 Å². The highest BCUT2D eigenvalue weighted by Crippen LogP contribution is 2.46. The van der Waals surface area contributed by atoms with Gasteiger partial charge >= 0.3 is 5.69 Å². The molecule has 2 aromatic carbocycles. The molecule has 0 radical (unpaired) electrons. The van der Waals surface area contributed by atoms with Crippen LogP contribution in [0.3, 0.4) is 0 Å². The summed E-state index contributed by atoms with van der Waals surface area (Å²) in [6.07, 6.45) is -0.638. The molecule has 1 N–H and O–H groups in total. The second kappa shape index (κ2) is 8.03. The van der Waals surface area contributed by atoms with Crippen molar-refractivity contribution in [3.05, 3.63) is 79.6 Å². The number of phenolic OH excluding ortho intramolecular Hbond substituents is 1. The van der Waals surface area contributed by atoms with E-state index < -0.39 is 17.3 Å². The first-order valence-corrected chi connectivity index (χ1v) is 11.5. The van der Waals surface area contributed by atoms with E-state index in [0.29, 0.717) is 45.2 Å². The highest BCUT2D eigenvalue weighted by Gasteiger charge is 2.40. The summed E-state index contributed by atoms with van der Waals surface area (Å²) < 4.78 is 16.3. The number of ether oxygens (including phenoxy) is 2. The number of methoxy groups -OCH3 is 1. The molecule has 3 heterocycles. The molecule has 0 saturated heterocycles. The second-order valence-corrected chi connectivity index (χ2v) is 9.88. The van der Waals surface area contributed by atoms with E-state index in [4.69, 9.17) is 21.1 Å². The predicted octanol–water partition coefficient (Wildman–Crippen LogP) is 3.93. The normalized spacial score (nSPS) is 16.9. The van der Waals surface area contributed by atoms with Crippen LogP contribution in [0.5, 0.6) is 11.5 Å². The summed E-state index contributed by atoms with van der Waals surface area (Å²) >= 11 is 6.16. The number of fused-ring (bicyclic) bond motifs is 3. The molecule has 2 aromatic heterocycles. The molecule has 9 heteroatoms. The molecule has 0 aliphatic carbocycles. The molecule has 8 nitrogen and oxygen atoms in total. The van der Waals surface area contributed by atoms with Crippen LogP contribution in [-0.4, -0.2) is 32.5 Å². The number of phenols is 1. The van der Waals surface area contributed by atoms with E-state index in [0.717, 1.165) is 10.1 Å². The molecule has 1 atom stereocenters. The summed E-state index contributed by atoms with van der Waals surface area (Å²) in [5.41, 5.74) is 1.97. The first-order valence-electron chi connectivity index (χ1n) is 11.2. The van der Waals surface area contributed by atoms with Crippen LogP contribution in [-0.2, 0) is 24.4 Å². The molecule has 0 amide bonds. The monoisotopic (exact) mass is 495 g/mol. The Hall–Kier alpha value is -3.49. The van der Waals surface area contributed by atoms with Crippen molar-refractivity contribution in [2.24, 2.45) is 14.1 Å². The molecular formula is C26H26ClN3O5. The van der Waals surface area contributed by atoms with E-state index in [1.807, 2.05) is 32.0 Å². The number of aromatic nitrogens is 3. The number of hydrogen-bond donors (Lipinski definition) is 1. The fourth-order valence-electron chi connectivity index (χ4n) is 5.00. The molecule has 0 bridgehead atoms. The zero-order chi connectivity index (χ0) is 25.2. The van der Waals surface area contributed by atoms with Crippen LogP contribution in [0.15, 0.2) is 52.1 Å². The minimum atomic E-state index is -0.638. The number of aromatic hydroxyl groups is 1. The third kappa shape index (κ3) is 3.39. The van der Waals surface area contributed by atoms with Gasteiger partial charge in [-0.05, 0) is 49.2 Å². The van der Waals surface area contributed by atoms with Crippen LogP contribution in [0.1, 0.15) is 31.2 Å². The van der Waals surface area contributed by atoms with Crippen LogP contribution >= 0.6 is 11.6 Å². The first-order chi connectivity index (χ1) is 16.6. The predicted molar refractivity (Wildman–Crippen MR) is 135 cm³/mol. The van der Waals surface area contributed by atoms with Gasteiger partial charge in [0.15, 0.2) is 11.5 Å². The minimum Gasteiger partial charge on any atom is -0.504 e. The largest absolute Gasteiger partial charge is 0.504 e. The smallest absolute Gasteiger partial charge is 0.331 e. The Balaban J connectivity index is 1.96. The van der Waals surface area contributed by atoms with Crippen LogP contribution < -0.4 is 16.0 Å². The van der Waals surface area contributed by atoms with E-state index in [2.05, 4.69) is 4.57 Å². The Morgan fingerprint density at radius 2 is 1.77 bits per heavy atom. The van der Waals surface area contributed by atoms with Crippen molar-refractivity contribution in [3.63, 3.8) is 0 Å². The van der Waals surface area contributed by atoms with E-state index in [1.54, 1.807) is 31.3 Å². The number of benzene rings is 2. The molecular weight excluding hydrogens is 470 g/mol. The summed E-state index contributed by atoms with van der Waals surface area (Å²) in [5, 5.41) is 11.5. The van der Waals surface area contributed by atoms with E-state index in [9.17, 15) is 14.7 Å². The topological polar surface area (TPSA) is 87.6 Å². The lowest BCUT2D eigenvalue weighted by Gasteiger charge is -2.39. The molecule has 0 saturated carbocycles. The summed E-state index contributed by atoms with van der Waals surface area (Å²) in [5.74, 6) is 0.317. The quantitative estimate of drug-likeness (QED) is 0.465. The van der Waals surface area contributed by atoms with Crippen LogP contribution in [0, 0.1) is 0 Å². The lowest BCUT2D eigenvalue weighted by Crippen LogP contribution is -2.40. The van der Waals surface area contributed by atoms with Gasteiger partial charge in [-0.25, -0.2) is 4.79 Å². The maximum atomic E-state index is 13.6. The van der Waals surface area contributed by atoms with Gasteiger partial charge in [0, 0.05) is 19.1 Å². The number of nitrogens with zero attached hydrogens (tertiary/aromatic N) is 3. The summed E-state index contributed by atoms with van der Waals surface area (Å²) in [4.78, 5) is 26.6. The van der Waals surface area contributed by atoms with Crippen LogP contribution in [0.2, 0.25) is 5.02 Å². The fourth-order valence-corrected chi connectivity index (χ4v) is 5.13. The first kappa shape index (κ1) is 23.3. The minimum absolute atomic E-state index is 0.0245. The fraction of sp³-hybridized carbons (Fsp3) is 0.308. The van der Waals surface area contributed by atoms with Crippen LogP contribution in [0.25, 0.3) is 22.2 Å². The van der Waals surface area contributed by atoms with Gasteiger partial charge in [0.05, 0.1) is 41.5 Å². The Kier molecular flexibility index (Phi) is 5.34. The molecule has 0 fully saturated rings. The molecule has 0 spiro atoms. The average Bonchev–Trinajstić information content (AvgIpc) is 3.19. The second-order valence-electron chi connectivity index (χ2n) is 9.44. The van der Waals surface area contributed by atoms with Crippen molar-refractivity contribution >= 4 is 22.5 Å². The number of rotatable bonds is 3. The van der Waals surface area contributed by atoms with Crippen molar-refractivity contribution in [1.82, 2.24) is 13.7 Å². The molecule has 1 aliphatic rings. The van der Waals surface area contributed by atoms with Gasteiger partial charge in [0.1, 0.15) is 6.10 Å². The lowest BCUT2D eigenvalue weighted by molar-refractivity contribution is -0.00716. The van der Waals surface area contributed by atoms with Crippen molar-refractivity contribution in [3.8, 4) is 22.8 Å². The number of hydrogen-bond acceptors (Lipinski definition) is 5. The molecule has 4 aromatic rings. The summed E-state index contributed by atoms with van der Waals surface area (Å²) in [6, 6.07) is 12.4. The van der Waals surface area contributed by atoms with Gasteiger partial charge < -0.3 is 19.1 Å². The Bertz CT molecular complexity index is 1600. The van der Waals surface area contributed by atoms with Crippen molar-refractivity contribution in [1.29, 1.82) is 0 Å². The van der Waals surface area contributed by atoms with Crippen molar-refractivity contribution in [2.45, 2.75) is 25.5 Å². The average molecular weight is 496 g/mol. The van der Waals surface area contributed by atoms with Crippen LogP contribution in [0.4, 0.5) is 0 Å². The maximum Gasteiger partial charge on any atom is 0.331 e. The Labute approximate surface area is 206 Å². The molecule has 5 rings (SSSR count). The van der Waals surface area contributed by atoms with Gasteiger partial charge in [-0.2, -0.15) is 0 Å². The molecule has 1 unspecified atom stereocenters. The highest BCUT2D eigenvalue weighted by atomic mass is 35.5. The standard InChI is InChI=1S/C26H26ClN3O5/c1-26(2)13-35-23(15-8-11-18(34-5)17(31)12-15)22-21-19(24(32)29(4)25(33)28(21)3)20(30(22)26)14-6-9-16(27)10-7-14/h6-12,23,31H,13H2,1-5H3. The Morgan fingerprint density at radius 1 is 1.09 bits per heavy atom. The van der Waals surface area contributed by atoms with Gasteiger partial charge in [-0.1, -0.05) is 29.8 Å². The van der Waals surface area contributed by atoms with Gasteiger partial charge in [0.2, 0.25) is 0 Å². The maximum absolute atomic E-state index is 13.6.